The molecule has 4 heteroatoms. The Bertz CT molecular complexity index is 658. The molecule has 0 aliphatic rings. The first kappa shape index (κ1) is 12.6. The van der Waals surface area contributed by atoms with Crippen molar-refractivity contribution in [3.05, 3.63) is 52.3 Å². The smallest absolute Gasteiger partial charge is 0.189 e. The molecule has 1 heterocycles. The number of benzene rings is 1. The summed E-state index contributed by atoms with van der Waals surface area (Å²) in [6, 6.07) is 7.14. The summed E-state index contributed by atoms with van der Waals surface area (Å²) in [4.78, 5) is 25.4. The number of hydrogen-bond donors (Lipinski definition) is 1. The Balaban J connectivity index is 2.20. The Hall–Kier alpha value is -1.81. The molecule has 18 heavy (non-hydrogen) atoms. The fourth-order valence-electron chi connectivity index (χ4n) is 1.65. The molecule has 0 saturated carbocycles. The number of nitrogens with one attached hydrogen (secondary N) is 1. The van der Waals surface area contributed by atoms with Gasteiger partial charge >= 0.3 is 0 Å². The number of aromatic amines is 1. The molecule has 0 aliphatic carbocycles. The largest absolute Gasteiger partial charge is 0.361 e. The highest BCUT2D eigenvalue weighted by Gasteiger charge is 1.97. The van der Waals surface area contributed by atoms with Crippen molar-refractivity contribution in [2.24, 2.45) is 0 Å². The Morgan fingerprint density at radius 2 is 2.22 bits per heavy atom. The van der Waals surface area contributed by atoms with Crippen molar-refractivity contribution in [1.82, 2.24) is 4.98 Å². The van der Waals surface area contributed by atoms with Crippen LogP contribution in [0.1, 0.15) is 12.5 Å². The first-order chi connectivity index (χ1) is 8.66. The maximum atomic E-state index is 11.5. The normalized spacial score (nSPS) is 11.2. The van der Waals surface area contributed by atoms with E-state index in [1.165, 1.54) is 17.8 Å². The van der Waals surface area contributed by atoms with E-state index in [-0.39, 0.29) is 10.5 Å². The summed E-state index contributed by atoms with van der Waals surface area (Å²) in [6.45, 7) is 1.55. The minimum atomic E-state index is 0.0198. The molecule has 92 valence electrons. The van der Waals surface area contributed by atoms with Gasteiger partial charge in [0.1, 0.15) is 0 Å². The molecule has 3 nitrogen and oxygen atoms in total. The van der Waals surface area contributed by atoms with E-state index in [1.807, 2.05) is 30.4 Å². The van der Waals surface area contributed by atoms with Crippen molar-refractivity contribution in [2.75, 3.05) is 5.75 Å². The summed E-state index contributed by atoms with van der Waals surface area (Å²) >= 11 is 1.27. The Kier molecular flexibility index (Phi) is 3.99. The van der Waals surface area contributed by atoms with Crippen LogP contribution in [0.2, 0.25) is 0 Å². The topological polar surface area (TPSA) is 49.9 Å². The third-order valence-corrected chi connectivity index (χ3v) is 3.24. The average Bonchev–Trinajstić information content (AvgIpc) is 2.35. The molecule has 0 amide bonds. The lowest BCUT2D eigenvalue weighted by Crippen LogP contribution is -1.99. The summed E-state index contributed by atoms with van der Waals surface area (Å²) in [5.74, 6) is 0.665. The Morgan fingerprint density at radius 1 is 1.39 bits per heavy atom. The molecule has 2 rings (SSSR count). The number of fused-ring (bicyclic) bond motifs is 1. The van der Waals surface area contributed by atoms with Crippen LogP contribution in [-0.2, 0) is 4.79 Å². The average molecular weight is 259 g/mol. The van der Waals surface area contributed by atoms with Crippen LogP contribution < -0.4 is 5.43 Å². The Labute approximate surface area is 109 Å². The first-order valence-corrected chi connectivity index (χ1v) is 6.57. The number of carbonyl (C=O) groups is 1. The van der Waals surface area contributed by atoms with Gasteiger partial charge in [-0.2, -0.15) is 0 Å². The molecule has 0 spiro atoms. The van der Waals surface area contributed by atoms with Gasteiger partial charge in [-0.05, 0) is 17.7 Å². The second-order valence-electron chi connectivity index (χ2n) is 3.85. The van der Waals surface area contributed by atoms with Gasteiger partial charge in [0, 0.05) is 35.8 Å². The maximum absolute atomic E-state index is 11.5. The molecule has 0 aliphatic heterocycles. The van der Waals surface area contributed by atoms with E-state index in [0.29, 0.717) is 11.1 Å². The number of thioether (sulfide) groups is 1. The van der Waals surface area contributed by atoms with Gasteiger partial charge in [-0.25, -0.2) is 0 Å². The zero-order valence-corrected chi connectivity index (χ0v) is 10.8. The molecule has 0 bridgehead atoms. The van der Waals surface area contributed by atoms with Crippen molar-refractivity contribution < 1.29 is 4.79 Å². The molecule has 0 atom stereocenters. The van der Waals surface area contributed by atoms with E-state index >= 15 is 0 Å². The summed E-state index contributed by atoms with van der Waals surface area (Å²) in [6.07, 6.45) is 5.53. The van der Waals surface area contributed by atoms with Gasteiger partial charge in [-0.15, -0.1) is 0 Å². The first-order valence-electron chi connectivity index (χ1n) is 5.58. The van der Waals surface area contributed by atoms with E-state index in [1.54, 1.807) is 13.1 Å². The molecular formula is C14H13NO2S. The zero-order valence-electron chi connectivity index (χ0n) is 9.97. The minimum Gasteiger partial charge on any atom is -0.361 e. The lowest BCUT2D eigenvalue weighted by atomic mass is 10.1. The van der Waals surface area contributed by atoms with Crippen molar-refractivity contribution >= 4 is 33.9 Å². The fourth-order valence-corrected chi connectivity index (χ4v) is 2.07. The van der Waals surface area contributed by atoms with Crippen molar-refractivity contribution in [3.8, 4) is 0 Å². The van der Waals surface area contributed by atoms with Crippen LogP contribution in [0.25, 0.3) is 17.0 Å². The van der Waals surface area contributed by atoms with Crippen LogP contribution in [0.5, 0.6) is 0 Å². The number of aromatic nitrogens is 1. The summed E-state index contributed by atoms with van der Waals surface area (Å²) < 4.78 is 0. The van der Waals surface area contributed by atoms with Crippen molar-refractivity contribution in [1.29, 1.82) is 0 Å². The quantitative estimate of drug-likeness (QED) is 0.922. The molecule has 1 aromatic heterocycles. The fraction of sp³-hybridized carbons (Fsp3) is 0.143. The predicted octanol–water partition coefficient (Wildman–Crippen LogP) is 2.82. The maximum Gasteiger partial charge on any atom is 0.189 e. The molecule has 1 aromatic carbocycles. The van der Waals surface area contributed by atoms with Crippen LogP contribution in [0.3, 0.4) is 0 Å². The molecule has 1 N–H and O–H groups in total. The van der Waals surface area contributed by atoms with E-state index in [9.17, 15) is 9.59 Å². The molecule has 0 fully saturated rings. The van der Waals surface area contributed by atoms with Gasteiger partial charge in [0.2, 0.25) is 0 Å². The highest BCUT2D eigenvalue weighted by atomic mass is 32.2. The number of rotatable bonds is 3. The number of pyridine rings is 1. The molecule has 0 saturated heterocycles. The van der Waals surface area contributed by atoms with Gasteiger partial charge in [0.15, 0.2) is 10.5 Å². The zero-order chi connectivity index (χ0) is 13.0. The van der Waals surface area contributed by atoms with Crippen LogP contribution >= 0.6 is 11.8 Å². The lowest BCUT2D eigenvalue weighted by Gasteiger charge is -1.98. The number of H-pyrrole nitrogens is 1. The van der Waals surface area contributed by atoms with E-state index in [0.717, 1.165) is 11.1 Å². The van der Waals surface area contributed by atoms with Gasteiger partial charge < -0.3 is 4.98 Å². The lowest BCUT2D eigenvalue weighted by molar-refractivity contribution is -0.109. The Morgan fingerprint density at radius 3 is 3.00 bits per heavy atom. The summed E-state index contributed by atoms with van der Waals surface area (Å²) in [5.41, 5.74) is 1.85. The molecule has 0 unspecified atom stereocenters. The van der Waals surface area contributed by atoms with Gasteiger partial charge in [0.25, 0.3) is 0 Å². The predicted molar refractivity (Wildman–Crippen MR) is 76.7 cm³/mol. The van der Waals surface area contributed by atoms with E-state index in [4.69, 9.17) is 0 Å². The molecule has 0 radical (unpaired) electrons. The summed E-state index contributed by atoms with van der Waals surface area (Å²) in [5, 5.41) is 0.801. The van der Waals surface area contributed by atoms with Crippen LogP contribution in [0, 0.1) is 0 Å². The van der Waals surface area contributed by atoms with E-state index < -0.39 is 0 Å². The minimum absolute atomic E-state index is 0.0198. The highest BCUT2D eigenvalue weighted by Crippen LogP contribution is 2.12. The number of hydrogen-bond acceptors (Lipinski definition) is 3. The van der Waals surface area contributed by atoms with Gasteiger partial charge in [0.05, 0.1) is 0 Å². The van der Waals surface area contributed by atoms with E-state index in [2.05, 4.69) is 4.98 Å². The van der Waals surface area contributed by atoms with Gasteiger partial charge in [-0.1, -0.05) is 30.0 Å². The van der Waals surface area contributed by atoms with Gasteiger partial charge in [-0.3, -0.25) is 9.59 Å². The SMILES string of the molecule is CC(=O)SCC=Cc1ccc2c(=O)cc[nH]c2c1. The van der Waals surface area contributed by atoms with Crippen molar-refractivity contribution in [2.45, 2.75) is 6.92 Å². The second kappa shape index (κ2) is 5.69. The van der Waals surface area contributed by atoms with Crippen LogP contribution in [0.4, 0.5) is 0 Å². The highest BCUT2D eigenvalue weighted by molar-refractivity contribution is 8.13. The van der Waals surface area contributed by atoms with Crippen LogP contribution in [0.15, 0.2) is 41.3 Å². The standard InChI is InChI=1S/C14H13NO2S/c1-10(16)18-8-2-3-11-4-5-12-13(9-11)15-7-6-14(12)17/h2-7,9H,8H2,1H3,(H,15,17). The monoisotopic (exact) mass is 259 g/mol. The number of carbonyl (C=O) groups excluding carboxylic acids is 1. The molecule has 2 aromatic rings. The van der Waals surface area contributed by atoms with Crippen molar-refractivity contribution in [3.63, 3.8) is 0 Å². The third-order valence-electron chi connectivity index (χ3n) is 2.48. The van der Waals surface area contributed by atoms with Crippen LogP contribution in [-0.4, -0.2) is 15.9 Å². The second-order valence-corrected chi connectivity index (χ2v) is 5.05. The third kappa shape index (κ3) is 3.11. The molecular weight excluding hydrogens is 246 g/mol. The summed E-state index contributed by atoms with van der Waals surface area (Å²) in [7, 11) is 0.